The first-order chi connectivity index (χ1) is 6.09. The van der Waals surface area contributed by atoms with Gasteiger partial charge in [-0.1, -0.05) is 11.6 Å². The van der Waals surface area contributed by atoms with Crippen LogP contribution in [0, 0.1) is 0 Å². The van der Waals surface area contributed by atoms with Crippen LogP contribution in [-0.2, 0) is 9.59 Å². The predicted molar refractivity (Wildman–Crippen MR) is 52.7 cm³/mol. The van der Waals surface area contributed by atoms with E-state index >= 15 is 0 Å². The monoisotopic (exact) mass is 208 g/mol. The van der Waals surface area contributed by atoms with E-state index in [1.54, 1.807) is 0 Å². The van der Waals surface area contributed by atoms with Crippen LogP contribution in [0.3, 0.4) is 0 Å². The Morgan fingerprint density at radius 2 is 2.07 bits per heavy atom. The summed E-state index contributed by atoms with van der Waals surface area (Å²) < 4.78 is 0. The second kappa shape index (κ2) is 5.65. The number of carbonyl (C=O) groups excluding carboxylic acids is 1. The number of carbonyl (C=O) groups is 2. The van der Waals surface area contributed by atoms with Gasteiger partial charge in [0.15, 0.2) is 0 Å². The van der Waals surface area contributed by atoms with Crippen molar-refractivity contribution in [1.29, 1.82) is 0 Å². The number of rotatable bonds is 1. The van der Waals surface area contributed by atoms with E-state index in [4.69, 9.17) is 16.7 Å². The molecule has 70 valence electrons. The number of hydrogen-bond acceptors (Lipinski definition) is 3. The topological polar surface area (TPSA) is 79.3 Å². The molecule has 14 heavy (non-hydrogen) atoms. The Balaban J connectivity index is 0.00000169. The number of pyridine rings is 1. The summed E-state index contributed by atoms with van der Waals surface area (Å²) in [7, 11) is 0. The molecule has 0 aliphatic carbocycles. The second-order valence-electron chi connectivity index (χ2n) is 2.12. The molecule has 0 aromatic carbocycles. The van der Waals surface area contributed by atoms with Gasteiger partial charge in [-0.3, -0.25) is 4.79 Å². The molecule has 0 saturated heterocycles. The Kier molecular flexibility index (Phi) is 5.24. The van der Waals surface area contributed by atoms with Crippen molar-refractivity contribution in [3.63, 3.8) is 0 Å². The van der Waals surface area contributed by atoms with Gasteiger partial charge in [-0.05, 0) is 12.1 Å². The van der Waals surface area contributed by atoms with Crippen LogP contribution in [0.25, 0.3) is 0 Å². The number of nitrogens with zero attached hydrogens (tertiary/aromatic N) is 1. The third kappa shape index (κ3) is 3.79. The minimum absolute atomic E-state index is 0. The maximum atomic E-state index is 10.6. The van der Waals surface area contributed by atoms with Crippen molar-refractivity contribution in [3.05, 3.63) is 23.4 Å². The molecule has 0 unspecified atom stereocenters. The van der Waals surface area contributed by atoms with Gasteiger partial charge in [-0.15, -0.1) is 0 Å². The Bertz CT molecular complexity index is 341. The van der Waals surface area contributed by atoms with E-state index in [2.05, 4.69) is 10.3 Å². The van der Waals surface area contributed by atoms with E-state index in [9.17, 15) is 9.59 Å². The third-order valence-corrected chi connectivity index (χ3v) is 1.39. The number of aliphatic carboxylic acids is 1. The van der Waals surface area contributed by atoms with Crippen LogP contribution in [0.15, 0.2) is 18.3 Å². The fourth-order valence-corrected chi connectivity index (χ4v) is 0.731. The molecule has 0 spiro atoms. The van der Waals surface area contributed by atoms with E-state index in [-0.39, 0.29) is 24.7 Å². The zero-order chi connectivity index (χ0) is 9.84. The van der Waals surface area contributed by atoms with Crippen LogP contribution < -0.4 is 5.32 Å². The van der Waals surface area contributed by atoms with Crippen molar-refractivity contribution in [2.75, 3.05) is 5.32 Å². The molecule has 0 radical (unpaired) electrons. The molecule has 0 atom stereocenters. The van der Waals surface area contributed by atoms with Crippen molar-refractivity contribution < 1.29 is 14.7 Å². The third-order valence-electron chi connectivity index (χ3n) is 1.16. The molecule has 0 bridgehead atoms. The molecule has 5 nitrogen and oxygen atoms in total. The van der Waals surface area contributed by atoms with Gasteiger partial charge in [0, 0.05) is 6.20 Å². The summed E-state index contributed by atoms with van der Waals surface area (Å²) in [5.74, 6) is -2.54. The van der Waals surface area contributed by atoms with Crippen LogP contribution in [0.1, 0.15) is 0 Å². The Labute approximate surface area is 96.6 Å². The number of anilines is 1. The number of hydrogen-bond donors (Lipinski definition) is 2. The van der Waals surface area contributed by atoms with Gasteiger partial charge in [-0.2, -0.15) is 0 Å². The normalized spacial score (nSPS) is 8.64. The van der Waals surface area contributed by atoms with E-state index in [1.165, 1.54) is 18.3 Å². The molecular weight excluding hydrogens is 202 g/mol. The molecule has 2 N–H and O–H groups in total. The number of aromatic nitrogens is 1. The van der Waals surface area contributed by atoms with Crippen LogP contribution in [0.5, 0.6) is 0 Å². The zero-order valence-corrected chi connectivity index (χ0v) is 7.08. The number of halogens is 1. The standard InChI is InChI=1S/C7H5ClN2O3.Li.H/c8-4-1-2-5(9-3-4)10-6(11)7(12)13;;/h1-3H,(H,12,13)(H,9,10,11);;. The Morgan fingerprint density at radius 3 is 2.50 bits per heavy atom. The first-order valence-electron chi connectivity index (χ1n) is 3.25. The van der Waals surface area contributed by atoms with Crippen molar-refractivity contribution >= 4 is 48.2 Å². The van der Waals surface area contributed by atoms with Crippen molar-refractivity contribution in [3.8, 4) is 0 Å². The van der Waals surface area contributed by atoms with Gasteiger partial charge in [0.1, 0.15) is 5.82 Å². The maximum absolute atomic E-state index is 10.6. The summed E-state index contributed by atoms with van der Waals surface area (Å²) in [6.45, 7) is 0. The quantitative estimate of drug-likeness (QED) is 0.507. The van der Waals surface area contributed by atoms with Crippen LogP contribution >= 0.6 is 11.6 Å². The van der Waals surface area contributed by atoms with Gasteiger partial charge in [0.2, 0.25) is 0 Å². The molecule has 1 aromatic rings. The summed E-state index contributed by atoms with van der Waals surface area (Å²) in [6, 6.07) is 2.90. The minimum atomic E-state index is -1.56. The summed E-state index contributed by atoms with van der Waals surface area (Å²) in [6.07, 6.45) is 1.30. The van der Waals surface area contributed by atoms with Crippen molar-refractivity contribution in [2.45, 2.75) is 0 Å². The molecular formula is C7H6ClLiN2O3. The van der Waals surface area contributed by atoms with E-state index in [0.29, 0.717) is 5.02 Å². The number of carboxylic acid groups (broad SMARTS) is 1. The average Bonchev–Trinajstić information content (AvgIpc) is 2.08. The van der Waals surface area contributed by atoms with Crippen LogP contribution in [0.4, 0.5) is 5.82 Å². The van der Waals surface area contributed by atoms with Crippen molar-refractivity contribution in [2.24, 2.45) is 0 Å². The summed E-state index contributed by atoms with van der Waals surface area (Å²) in [5.41, 5.74) is 0. The molecule has 7 heteroatoms. The van der Waals surface area contributed by atoms with Crippen LogP contribution in [-0.4, -0.2) is 40.8 Å². The van der Waals surface area contributed by atoms with E-state index in [0.717, 1.165) is 0 Å². The number of carboxylic acids is 1. The first-order valence-corrected chi connectivity index (χ1v) is 3.63. The molecule has 1 rings (SSSR count). The Hall–Kier alpha value is -1.02. The molecule has 1 heterocycles. The van der Waals surface area contributed by atoms with E-state index < -0.39 is 11.9 Å². The molecule has 1 aromatic heterocycles. The predicted octanol–water partition coefficient (Wildman–Crippen LogP) is 0.110. The summed E-state index contributed by atoms with van der Waals surface area (Å²) in [4.78, 5) is 24.4. The van der Waals surface area contributed by atoms with Gasteiger partial charge < -0.3 is 10.4 Å². The molecule has 0 fully saturated rings. The van der Waals surface area contributed by atoms with E-state index in [1.807, 2.05) is 0 Å². The molecule has 0 aliphatic rings. The molecule has 1 amide bonds. The fraction of sp³-hybridized carbons (Fsp3) is 0. The van der Waals surface area contributed by atoms with Gasteiger partial charge in [0.25, 0.3) is 0 Å². The Morgan fingerprint density at radius 1 is 1.43 bits per heavy atom. The average molecular weight is 209 g/mol. The molecule has 0 aliphatic heterocycles. The zero-order valence-electron chi connectivity index (χ0n) is 6.32. The SMILES string of the molecule is O=C(O)C(=O)Nc1ccc(Cl)cn1.[LiH]. The second-order valence-corrected chi connectivity index (χ2v) is 2.56. The van der Waals surface area contributed by atoms with Gasteiger partial charge in [0.05, 0.1) is 5.02 Å². The fourth-order valence-electron chi connectivity index (χ4n) is 0.620. The summed E-state index contributed by atoms with van der Waals surface area (Å²) in [5, 5.41) is 10.7. The number of amides is 1. The first kappa shape index (κ1) is 13.0. The van der Waals surface area contributed by atoms with Crippen molar-refractivity contribution in [1.82, 2.24) is 4.98 Å². The molecule has 0 saturated carbocycles. The number of nitrogens with one attached hydrogen (secondary N) is 1. The van der Waals surface area contributed by atoms with Gasteiger partial charge >= 0.3 is 30.7 Å². The summed E-state index contributed by atoms with van der Waals surface area (Å²) >= 11 is 5.52. The van der Waals surface area contributed by atoms with Crippen LogP contribution in [0.2, 0.25) is 5.02 Å². The van der Waals surface area contributed by atoms with Gasteiger partial charge in [-0.25, -0.2) is 9.78 Å².